The van der Waals surface area contributed by atoms with E-state index in [0.29, 0.717) is 29.7 Å². The van der Waals surface area contributed by atoms with Crippen LogP contribution in [0.5, 0.6) is 0 Å². The molecule has 7 heteroatoms. The Balaban J connectivity index is 1.59. The van der Waals surface area contributed by atoms with Crippen molar-refractivity contribution >= 4 is 34.5 Å². The van der Waals surface area contributed by atoms with Crippen LogP contribution in [-0.4, -0.2) is 22.6 Å². The summed E-state index contributed by atoms with van der Waals surface area (Å²) in [5, 5.41) is 6.65. The van der Waals surface area contributed by atoms with Gasteiger partial charge in [0.15, 0.2) is 5.82 Å². The lowest BCUT2D eigenvalue weighted by atomic mass is 10.1. The third-order valence-corrected chi connectivity index (χ3v) is 5.22. The fourth-order valence-corrected chi connectivity index (χ4v) is 3.70. The quantitative estimate of drug-likeness (QED) is 0.700. The average molecular weight is 360 g/mol. The normalized spacial score (nSPS) is 17.7. The van der Waals surface area contributed by atoms with Gasteiger partial charge < -0.3 is 9.42 Å². The first kappa shape index (κ1) is 15.4. The summed E-state index contributed by atoms with van der Waals surface area (Å²) in [6, 6.07) is 9.44. The number of rotatable bonds is 3. The molecular weight excluding hydrogens is 346 g/mol. The summed E-state index contributed by atoms with van der Waals surface area (Å²) in [5.74, 6) is 1.06. The van der Waals surface area contributed by atoms with Crippen LogP contribution >= 0.6 is 22.9 Å². The van der Waals surface area contributed by atoms with Crippen molar-refractivity contribution in [2.45, 2.75) is 19.3 Å². The Hall–Kier alpha value is -2.18. The molecule has 2 aromatic heterocycles. The van der Waals surface area contributed by atoms with E-state index in [4.69, 9.17) is 16.1 Å². The Kier molecular flexibility index (Phi) is 3.86. The Morgan fingerprint density at radius 1 is 1.38 bits per heavy atom. The highest BCUT2D eigenvalue weighted by Crippen LogP contribution is 2.34. The average Bonchev–Trinajstić information content (AvgIpc) is 3.28. The molecule has 3 heterocycles. The number of halogens is 1. The van der Waals surface area contributed by atoms with Crippen molar-refractivity contribution in [3.05, 3.63) is 52.1 Å². The molecule has 1 fully saturated rings. The molecule has 0 radical (unpaired) electrons. The monoisotopic (exact) mass is 359 g/mol. The van der Waals surface area contributed by atoms with Crippen molar-refractivity contribution in [3.8, 4) is 10.8 Å². The van der Waals surface area contributed by atoms with Gasteiger partial charge in [0, 0.05) is 29.6 Å². The van der Waals surface area contributed by atoms with E-state index >= 15 is 0 Å². The van der Waals surface area contributed by atoms with Gasteiger partial charge in [-0.1, -0.05) is 28.9 Å². The molecule has 0 saturated carbocycles. The van der Waals surface area contributed by atoms with Crippen LogP contribution in [0.15, 0.2) is 40.2 Å². The van der Waals surface area contributed by atoms with Gasteiger partial charge >= 0.3 is 0 Å². The minimum absolute atomic E-state index is 0.0489. The summed E-state index contributed by atoms with van der Waals surface area (Å²) in [4.78, 5) is 19.6. The smallest absolute Gasteiger partial charge is 0.267 e. The van der Waals surface area contributed by atoms with Crippen molar-refractivity contribution in [2.75, 3.05) is 11.4 Å². The second kappa shape index (κ2) is 6.03. The van der Waals surface area contributed by atoms with Gasteiger partial charge in [0.25, 0.3) is 5.89 Å². The maximum absolute atomic E-state index is 12.5. The van der Waals surface area contributed by atoms with E-state index in [1.54, 1.807) is 16.2 Å². The molecule has 24 heavy (non-hydrogen) atoms. The zero-order valence-corrected chi connectivity index (χ0v) is 14.5. The first-order chi connectivity index (χ1) is 11.6. The van der Waals surface area contributed by atoms with Crippen LogP contribution in [0.1, 0.15) is 23.7 Å². The number of nitrogens with zero attached hydrogens (tertiary/aromatic N) is 3. The summed E-state index contributed by atoms with van der Waals surface area (Å²) in [6.07, 6.45) is 0.370. The number of aryl methyl sites for hydroxylation is 1. The first-order valence-electron chi connectivity index (χ1n) is 7.56. The second-order valence-electron chi connectivity index (χ2n) is 5.77. The summed E-state index contributed by atoms with van der Waals surface area (Å²) in [6.45, 7) is 2.50. The standard InChI is InChI=1S/C17H14ClN3O2S/c1-10-4-5-12(18)8-13(10)21-9-11(7-15(21)22)16-19-17(23-20-16)14-3-2-6-24-14/h2-6,8,11H,7,9H2,1H3. The molecule has 4 rings (SSSR count). The third-order valence-electron chi connectivity index (χ3n) is 4.13. The molecule has 1 aromatic carbocycles. The zero-order valence-electron chi connectivity index (χ0n) is 12.9. The molecule has 1 aliphatic heterocycles. The maximum Gasteiger partial charge on any atom is 0.267 e. The number of carbonyl (C=O) groups is 1. The Morgan fingerprint density at radius 3 is 3.04 bits per heavy atom. The molecule has 0 N–H and O–H groups in total. The molecule has 1 atom stereocenters. The first-order valence-corrected chi connectivity index (χ1v) is 8.81. The maximum atomic E-state index is 12.5. The van der Waals surface area contributed by atoms with Gasteiger partial charge in [0.1, 0.15) is 0 Å². The number of amides is 1. The highest BCUT2D eigenvalue weighted by Gasteiger charge is 2.35. The molecular formula is C17H14ClN3O2S. The zero-order chi connectivity index (χ0) is 16.7. The Labute approximate surface area is 147 Å². The highest BCUT2D eigenvalue weighted by atomic mass is 35.5. The molecule has 1 unspecified atom stereocenters. The molecule has 0 bridgehead atoms. The minimum Gasteiger partial charge on any atom is -0.333 e. The van der Waals surface area contributed by atoms with E-state index in [0.717, 1.165) is 16.1 Å². The SMILES string of the molecule is Cc1ccc(Cl)cc1N1CC(c2noc(-c3cccs3)n2)CC1=O. The van der Waals surface area contributed by atoms with Crippen LogP contribution in [0.2, 0.25) is 5.02 Å². The number of hydrogen-bond donors (Lipinski definition) is 0. The lowest BCUT2D eigenvalue weighted by Crippen LogP contribution is -2.25. The van der Waals surface area contributed by atoms with Crippen molar-refractivity contribution in [3.63, 3.8) is 0 Å². The van der Waals surface area contributed by atoms with Crippen LogP contribution in [0.25, 0.3) is 10.8 Å². The molecule has 1 amide bonds. The van der Waals surface area contributed by atoms with E-state index < -0.39 is 0 Å². The van der Waals surface area contributed by atoms with Crippen LogP contribution in [0.3, 0.4) is 0 Å². The minimum atomic E-state index is -0.0756. The Bertz CT molecular complexity index is 891. The fraction of sp³-hybridized carbons (Fsp3) is 0.235. The number of carbonyl (C=O) groups excluding carboxylic acids is 1. The molecule has 1 saturated heterocycles. The highest BCUT2D eigenvalue weighted by molar-refractivity contribution is 7.13. The predicted octanol–water partition coefficient (Wildman–Crippen LogP) is 4.28. The van der Waals surface area contributed by atoms with Gasteiger partial charge in [-0.3, -0.25) is 4.79 Å². The van der Waals surface area contributed by atoms with Crippen molar-refractivity contribution < 1.29 is 9.32 Å². The van der Waals surface area contributed by atoms with Gasteiger partial charge in [0.2, 0.25) is 5.91 Å². The number of anilines is 1. The molecule has 3 aromatic rings. The lowest BCUT2D eigenvalue weighted by molar-refractivity contribution is -0.117. The largest absolute Gasteiger partial charge is 0.333 e. The van der Waals surface area contributed by atoms with E-state index in [1.165, 1.54) is 0 Å². The van der Waals surface area contributed by atoms with E-state index in [-0.39, 0.29) is 11.8 Å². The van der Waals surface area contributed by atoms with Crippen LogP contribution in [0, 0.1) is 6.92 Å². The Morgan fingerprint density at radius 2 is 2.25 bits per heavy atom. The van der Waals surface area contributed by atoms with Gasteiger partial charge in [-0.25, -0.2) is 0 Å². The molecule has 122 valence electrons. The molecule has 5 nitrogen and oxygen atoms in total. The van der Waals surface area contributed by atoms with E-state index in [9.17, 15) is 4.79 Å². The van der Waals surface area contributed by atoms with Crippen LogP contribution in [-0.2, 0) is 4.79 Å². The van der Waals surface area contributed by atoms with E-state index in [1.807, 2.05) is 42.6 Å². The van der Waals surface area contributed by atoms with Crippen LogP contribution in [0.4, 0.5) is 5.69 Å². The number of aromatic nitrogens is 2. The molecule has 1 aliphatic rings. The molecule has 0 spiro atoms. The number of thiophene rings is 1. The predicted molar refractivity (Wildman–Crippen MR) is 93.5 cm³/mol. The second-order valence-corrected chi connectivity index (χ2v) is 7.16. The number of hydrogen-bond acceptors (Lipinski definition) is 5. The van der Waals surface area contributed by atoms with Gasteiger partial charge in [-0.2, -0.15) is 4.98 Å². The van der Waals surface area contributed by atoms with Gasteiger partial charge in [0.05, 0.1) is 4.88 Å². The van der Waals surface area contributed by atoms with E-state index in [2.05, 4.69) is 10.1 Å². The third kappa shape index (κ3) is 2.72. The number of benzene rings is 1. The topological polar surface area (TPSA) is 59.2 Å². The van der Waals surface area contributed by atoms with Crippen LogP contribution < -0.4 is 4.90 Å². The summed E-state index contributed by atoms with van der Waals surface area (Å²) in [7, 11) is 0. The van der Waals surface area contributed by atoms with Gasteiger partial charge in [-0.15, -0.1) is 11.3 Å². The molecule has 0 aliphatic carbocycles. The fourth-order valence-electron chi connectivity index (χ4n) is 2.89. The van der Waals surface area contributed by atoms with Crippen molar-refractivity contribution in [1.82, 2.24) is 10.1 Å². The lowest BCUT2D eigenvalue weighted by Gasteiger charge is -2.19. The summed E-state index contributed by atoms with van der Waals surface area (Å²) < 4.78 is 5.34. The van der Waals surface area contributed by atoms with Crippen molar-refractivity contribution in [1.29, 1.82) is 0 Å². The van der Waals surface area contributed by atoms with Gasteiger partial charge in [-0.05, 0) is 36.1 Å². The summed E-state index contributed by atoms with van der Waals surface area (Å²) >= 11 is 7.63. The summed E-state index contributed by atoms with van der Waals surface area (Å²) in [5.41, 5.74) is 1.86. The van der Waals surface area contributed by atoms with Crippen molar-refractivity contribution in [2.24, 2.45) is 0 Å².